The minimum Gasteiger partial charge on any atom is -0.489 e. The molecule has 4 rings (SSSR count). The molecule has 3 aromatic carbocycles. The monoisotopic (exact) mass is 477 g/mol. The molecule has 29 heavy (non-hydrogen) atoms. The van der Waals surface area contributed by atoms with Crippen LogP contribution >= 0.6 is 27.5 Å². The fourth-order valence-electron chi connectivity index (χ4n) is 3.01. The van der Waals surface area contributed by atoms with E-state index in [1.54, 1.807) is 6.07 Å². The molecule has 3 aromatic rings. The third kappa shape index (κ3) is 5.01. The molecule has 0 radical (unpaired) electrons. The second-order valence-electron chi connectivity index (χ2n) is 6.57. The highest BCUT2D eigenvalue weighted by Gasteiger charge is 2.13. The SMILES string of the molecule is Fc1ccc(COc2ccc(Br)cc2CNCc2ccc3c(c2)OCO3)c(Cl)c1. The molecule has 4 nitrogen and oxygen atoms in total. The Bertz CT molecular complexity index is 1030. The predicted octanol–water partition coefficient (Wildman–Crippen LogP) is 5.84. The zero-order valence-corrected chi connectivity index (χ0v) is 17.7. The number of benzene rings is 3. The number of rotatable bonds is 7. The first-order valence-electron chi connectivity index (χ1n) is 9.03. The standard InChI is InChI=1S/C22H18BrClFNO3/c23-17-3-6-20(27-12-15-2-4-18(25)9-19(15)24)16(8-17)11-26-10-14-1-5-21-22(7-14)29-13-28-21/h1-9,26H,10-13H2. The van der Waals surface area contributed by atoms with Gasteiger partial charge in [0.25, 0.3) is 0 Å². The van der Waals surface area contributed by atoms with Crippen molar-refractivity contribution in [3.05, 3.63) is 86.6 Å². The number of fused-ring (bicyclic) bond motifs is 1. The van der Waals surface area contributed by atoms with Gasteiger partial charge in [-0.25, -0.2) is 4.39 Å². The van der Waals surface area contributed by atoms with Gasteiger partial charge in [-0.1, -0.05) is 39.7 Å². The Labute approximate surface area is 181 Å². The summed E-state index contributed by atoms with van der Waals surface area (Å²) in [6, 6.07) is 16.0. The lowest BCUT2D eigenvalue weighted by atomic mass is 10.1. The van der Waals surface area contributed by atoms with E-state index in [-0.39, 0.29) is 19.2 Å². The largest absolute Gasteiger partial charge is 0.489 e. The molecule has 1 aliphatic rings. The fourth-order valence-corrected chi connectivity index (χ4v) is 3.64. The van der Waals surface area contributed by atoms with E-state index < -0.39 is 0 Å². The van der Waals surface area contributed by atoms with Crippen LogP contribution in [-0.2, 0) is 19.7 Å². The van der Waals surface area contributed by atoms with E-state index in [2.05, 4.69) is 21.2 Å². The normalized spacial score (nSPS) is 12.2. The first-order chi connectivity index (χ1) is 14.1. The van der Waals surface area contributed by atoms with Crippen molar-refractivity contribution in [2.45, 2.75) is 19.7 Å². The van der Waals surface area contributed by atoms with Crippen molar-refractivity contribution in [3.63, 3.8) is 0 Å². The summed E-state index contributed by atoms with van der Waals surface area (Å²) in [6.07, 6.45) is 0. The van der Waals surface area contributed by atoms with Gasteiger partial charge in [-0.05, 0) is 48.0 Å². The van der Waals surface area contributed by atoms with Gasteiger partial charge in [0.2, 0.25) is 6.79 Å². The van der Waals surface area contributed by atoms with E-state index in [0.717, 1.165) is 38.4 Å². The van der Waals surface area contributed by atoms with Crippen molar-refractivity contribution in [2.75, 3.05) is 6.79 Å². The first-order valence-corrected chi connectivity index (χ1v) is 10.2. The third-order valence-electron chi connectivity index (χ3n) is 4.50. The molecule has 150 valence electrons. The zero-order valence-electron chi connectivity index (χ0n) is 15.4. The molecule has 1 N–H and O–H groups in total. The van der Waals surface area contributed by atoms with Crippen LogP contribution in [0.25, 0.3) is 0 Å². The van der Waals surface area contributed by atoms with Gasteiger partial charge in [0, 0.05) is 28.7 Å². The lowest BCUT2D eigenvalue weighted by Crippen LogP contribution is -2.13. The molecule has 0 atom stereocenters. The summed E-state index contributed by atoms with van der Waals surface area (Å²) in [5.41, 5.74) is 2.83. The Balaban J connectivity index is 1.40. The summed E-state index contributed by atoms with van der Waals surface area (Å²) in [5.74, 6) is 1.92. The van der Waals surface area contributed by atoms with Gasteiger partial charge >= 0.3 is 0 Å². The van der Waals surface area contributed by atoms with E-state index in [4.69, 9.17) is 25.8 Å². The summed E-state index contributed by atoms with van der Waals surface area (Å²) in [6.45, 7) is 1.81. The van der Waals surface area contributed by atoms with Crippen LogP contribution in [0.5, 0.6) is 17.2 Å². The summed E-state index contributed by atoms with van der Waals surface area (Å²) in [7, 11) is 0. The number of hydrogen-bond donors (Lipinski definition) is 1. The van der Waals surface area contributed by atoms with Crippen LogP contribution in [0.1, 0.15) is 16.7 Å². The topological polar surface area (TPSA) is 39.7 Å². The van der Waals surface area contributed by atoms with Gasteiger partial charge in [-0.3, -0.25) is 0 Å². The highest BCUT2D eigenvalue weighted by molar-refractivity contribution is 9.10. The van der Waals surface area contributed by atoms with Crippen molar-refractivity contribution in [1.29, 1.82) is 0 Å². The van der Waals surface area contributed by atoms with Crippen molar-refractivity contribution in [1.82, 2.24) is 5.32 Å². The maximum Gasteiger partial charge on any atom is 0.231 e. The average molecular weight is 479 g/mol. The minimum atomic E-state index is -0.365. The van der Waals surface area contributed by atoms with Gasteiger partial charge < -0.3 is 19.5 Å². The molecule has 0 saturated carbocycles. The van der Waals surface area contributed by atoms with E-state index in [9.17, 15) is 4.39 Å². The van der Waals surface area contributed by atoms with Crippen LogP contribution in [0.4, 0.5) is 4.39 Å². The number of nitrogens with one attached hydrogen (secondary N) is 1. The highest BCUT2D eigenvalue weighted by atomic mass is 79.9. The molecule has 0 aromatic heterocycles. The van der Waals surface area contributed by atoms with Crippen molar-refractivity contribution in [2.24, 2.45) is 0 Å². The number of halogens is 3. The Morgan fingerprint density at radius 2 is 1.83 bits per heavy atom. The smallest absolute Gasteiger partial charge is 0.231 e. The molecule has 0 saturated heterocycles. The van der Waals surface area contributed by atoms with Gasteiger partial charge in [0.05, 0.1) is 5.02 Å². The molecule has 0 aliphatic carbocycles. The predicted molar refractivity (Wildman–Crippen MR) is 113 cm³/mol. The maximum atomic E-state index is 13.2. The second-order valence-corrected chi connectivity index (χ2v) is 7.89. The highest BCUT2D eigenvalue weighted by Crippen LogP contribution is 2.32. The van der Waals surface area contributed by atoms with E-state index in [0.29, 0.717) is 18.1 Å². The molecule has 0 unspecified atom stereocenters. The third-order valence-corrected chi connectivity index (χ3v) is 5.35. The molecular formula is C22H18BrClFNO3. The second kappa shape index (κ2) is 9.03. The Morgan fingerprint density at radius 3 is 2.69 bits per heavy atom. The van der Waals surface area contributed by atoms with Crippen LogP contribution in [0.15, 0.2) is 59.1 Å². The Kier molecular flexibility index (Phi) is 6.23. The van der Waals surface area contributed by atoms with E-state index in [1.807, 2.05) is 36.4 Å². The molecular weight excluding hydrogens is 461 g/mol. The lowest BCUT2D eigenvalue weighted by molar-refractivity contribution is 0.174. The van der Waals surface area contributed by atoms with Crippen LogP contribution < -0.4 is 19.5 Å². The molecule has 7 heteroatoms. The van der Waals surface area contributed by atoms with Crippen LogP contribution in [0, 0.1) is 5.82 Å². The number of ether oxygens (including phenoxy) is 3. The Morgan fingerprint density at radius 1 is 0.966 bits per heavy atom. The summed E-state index contributed by atoms with van der Waals surface area (Å²) < 4.78 is 30.9. The van der Waals surface area contributed by atoms with Crippen LogP contribution in [0.3, 0.4) is 0 Å². The molecule has 1 aliphatic heterocycles. The zero-order chi connectivity index (χ0) is 20.2. The molecule has 0 bridgehead atoms. The van der Waals surface area contributed by atoms with Gasteiger partial charge in [0.1, 0.15) is 18.2 Å². The first kappa shape index (κ1) is 20.0. The van der Waals surface area contributed by atoms with Crippen molar-refractivity contribution >= 4 is 27.5 Å². The molecule has 1 heterocycles. The van der Waals surface area contributed by atoms with E-state index >= 15 is 0 Å². The number of hydrogen-bond acceptors (Lipinski definition) is 4. The molecule has 0 fully saturated rings. The lowest BCUT2D eigenvalue weighted by Gasteiger charge is -2.14. The van der Waals surface area contributed by atoms with E-state index in [1.165, 1.54) is 12.1 Å². The van der Waals surface area contributed by atoms with Crippen molar-refractivity contribution < 1.29 is 18.6 Å². The van der Waals surface area contributed by atoms with Crippen LogP contribution in [-0.4, -0.2) is 6.79 Å². The molecule has 0 spiro atoms. The van der Waals surface area contributed by atoms with Gasteiger partial charge in [0.15, 0.2) is 11.5 Å². The van der Waals surface area contributed by atoms with Gasteiger partial charge in [-0.15, -0.1) is 0 Å². The molecule has 0 amide bonds. The summed E-state index contributed by atoms with van der Waals surface area (Å²) in [5, 5.41) is 3.77. The quantitative estimate of drug-likeness (QED) is 0.463. The van der Waals surface area contributed by atoms with Gasteiger partial charge in [-0.2, -0.15) is 0 Å². The average Bonchev–Trinajstić information content (AvgIpc) is 3.16. The minimum absolute atomic E-state index is 0.260. The summed E-state index contributed by atoms with van der Waals surface area (Å²) in [4.78, 5) is 0. The van der Waals surface area contributed by atoms with Crippen LogP contribution in [0.2, 0.25) is 5.02 Å². The summed E-state index contributed by atoms with van der Waals surface area (Å²) >= 11 is 9.60. The maximum absolute atomic E-state index is 13.2. The Hall–Kier alpha value is -2.28. The van der Waals surface area contributed by atoms with Crippen molar-refractivity contribution in [3.8, 4) is 17.2 Å². The fraction of sp³-hybridized carbons (Fsp3) is 0.182.